The number of nitrogens with two attached hydrogens (primary N) is 1. The number of phenols is 1. The van der Waals surface area contributed by atoms with Crippen molar-refractivity contribution in [2.24, 2.45) is 0 Å². The minimum atomic E-state index is 0.0704. The second-order valence-electron chi connectivity index (χ2n) is 5.42. The third-order valence-electron chi connectivity index (χ3n) is 3.91. The highest BCUT2D eigenvalue weighted by Crippen LogP contribution is 2.33. The second-order valence-corrected chi connectivity index (χ2v) is 5.42. The molecule has 1 heterocycles. The topological polar surface area (TPSA) is 85.2 Å². The summed E-state index contributed by atoms with van der Waals surface area (Å²) in [5, 5.41) is 14.0. The number of nitrogen functional groups attached to an aromatic ring is 1. The fourth-order valence-corrected chi connectivity index (χ4v) is 2.78. The monoisotopic (exact) mass is 273 g/mol. The summed E-state index contributed by atoms with van der Waals surface area (Å²) in [6, 6.07) is 4.91. The smallest absolute Gasteiger partial charge is 0.261 e. The molecule has 0 amide bonds. The molecule has 5 nitrogen and oxygen atoms in total. The highest BCUT2D eigenvalue weighted by Gasteiger charge is 2.21. The summed E-state index contributed by atoms with van der Waals surface area (Å²) < 4.78 is 5.30. The number of phenolic OH excluding ortho intramolecular Hbond substituents is 1. The van der Waals surface area contributed by atoms with Crippen LogP contribution in [0.1, 0.15) is 50.3 Å². The van der Waals surface area contributed by atoms with E-state index in [1.165, 1.54) is 31.7 Å². The van der Waals surface area contributed by atoms with Gasteiger partial charge in [0.15, 0.2) is 5.82 Å². The van der Waals surface area contributed by atoms with E-state index in [1.54, 1.807) is 12.1 Å². The van der Waals surface area contributed by atoms with Crippen molar-refractivity contribution >= 4 is 5.69 Å². The number of hydrogen-bond acceptors (Lipinski definition) is 5. The number of nitrogens with zero attached hydrogens (tertiary/aromatic N) is 2. The number of rotatable bonds is 2. The van der Waals surface area contributed by atoms with Gasteiger partial charge in [0.1, 0.15) is 5.75 Å². The first kappa shape index (κ1) is 13.0. The maximum absolute atomic E-state index is 9.90. The van der Waals surface area contributed by atoms with E-state index in [4.69, 9.17) is 10.3 Å². The number of benzene rings is 1. The van der Waals surface area contributed by atoms with E-state index in [1.807, 2.05) is 0 Å². The molecule has 3 rings (SSSR count). The third kappa shape index (κ3) is 2.61. The van der Waals surface area contributed by atoms with Crippen LogP contribution in [0.4, 0.5) is 5.69 Å². The van der Waals surface area contributed by atoms with Gasteiger partial charge in [0.05, 0.1) is 5.56 Å². The molecule has 3 N–H and O–H groups in total. The van der Waals surface area contributed by atoms with Gasteiger partial charge >= 0.3 is 0 Å². The van der Waals surface area contributed by atoms with Crippen LogP contribution in [0.15, 0.2) is 22.7 Å². The van der Waals surface area contributed by atoms with Crippen molar-refractivity contribution in [3.8, 4) is 17.2 Å². The van der Waals surface area contributed by atoms with Crippen LogP contribution in [0.25, 0.3) is 11.5 Å². The van der Waals surface area contributed by atoms with Gasteiger partial charge in [-0.1, -0.05) is 30.8 Å². The molecule has 20 heavy (non-hydrogen) atoms. The molecule has 2 aromatic rings. The molecule has 1 aliphatic carbocycles. The molecule has 0 unspecified atom stereocenters. The highest BCUT2D eigenvalue weighted by molar-refractivity contribution is 5.66. The predicted molar refractivity (Wildman–Crippen MR) is 76.3 cm³/mol. The molecule has 1 aromatic heterocycles. The lowest BCUT2D eigenvalue weighted by molar-refractivity contribution is 0.406. The molecule has 1 aliphatic rings. The van der Waals surface area contributed by atoms with E-state index in [0.29, 0.717) is 23.1 Å². The molecule has 1 aromatic carbocycles. The fourth-order valence-electron chi connectivity index (χ4n) is 2.78. The lowest BCUT2D eigenvalue weighted by Crippen LogP contribution is -1.99. The number of aromatic hydroxyl groups is 1. The van der Waals surface area contributed by atoms with Gasteiger partial charge in [-0.15, -0.1) is 0 Å². The summed E-state index contributed by atoms with van der Waals surface area (Å²) in [6.45, 7) is 0. The van der Waals surface area contributed by atoms with E-state index >= 15 is 0 Å². The molecule has 0 saturated heterocycles. The van der Waals surface area contributed by atoms with Crippen LogP contribution in [-0.2, 0) is 0 Å². The van der Waals surface area contributed by atoms with Crippen LogP contribution in [0.3, 0.4) is 0 Å². The Morgan fingerprint density at radius 1 is 1.15 bits per heavy atom. The first-order valence-corrected chi connectivity index (χ1v) is 7.16. The Morgan fingerprint density at radius 2 is 1.90 bits per heavy atom. The minimum Gasteiger partial charge on any atom is -0.507 e. The maximum Gasteiger partial charge on any atom is 0.261 e. The van der Waals surface area contributed by atoms with Gasteiger partial charge in [-0.05, 0) is 25.0 Å². The summed E-state index contributed by atoms with van der Waals surface area (Å²) in [5.41, 5.74) is 6.66. The normalized spacial score (nSPS) is 17.0. The van der Waals surface area contributed by atoms with Crippen molar-refractivity contribution in [3.63, 3.8) is 0 Å². The first-order valence-electron chi connectivity index (χ1n) is 7.16. The number of hydrogen-bond donors (Lipinski definition) is 2. The molecule has 0 bridgehead atoms. The van der Waals surface area contributed by atoms with Crippen LogP contribution in [0.5, 0.6) is 5.75 Å². The Bertz CT molecular complexity index is 587. The van der Waals surface area contributed by atoms with E-state index in [0.717, 1.165) is 18.7 Å². The Hall–Kier alpha value is -2.04. The van der Waals surface area contributed by atoms with Crippen LogP contribution in [0.2, 0.25) is 0 Å². The second kappa shape index (κ2) is 5.53. The molecule has 0 aliphatic heterocycles. The Morgan fingerprint density at radius 3 is 2.60 bits per heavy atom. The van der Waals surface area contributed by atoms with Crippen LogP contribution in [-0.4, -0.2) is 15.2 Å². The zero-order valence-corrected chi connectivity index (χ0v) is 11.4. The van der Waals surface area contributed by atoms with Crippen molar-refractivity contribution in [2.75, 3.05) is 5.73 Å². The Kier molecular flexibility index (Phi) is 3.58. The van der Waals surface area contributed by atoms with E-state index in [2.05, 4.69) is 10.1 Å². The van der Waals surface area contributed by atoms with Crippen molar-refractivity contribution in [2.45, 2.75) is 44.4 Å². The zero-order chi connectivity index (χ0) is 13.9. The van der Waals surface area contributed by atoms with Gasteiger partial charge in [-0.3, -0.25) is 0 Å². The summed E-state index contributed by atoms with van der Waals surface area (Å²) in [6.07, 6.45) is 7.27. The largest absolute Gasteiger partial charge is 0.507 e. The predicted octanol–water partition coefficient (Wildman–Crippen LogP) is 3.46. The molecule has 0 spiro atoms. The Balaban J connectivity index is 1.85. The SMILES string of the molecule is Nc1ccc(-c2nc(C3CCCCCC3)no2)c(O)c1. The highest BCUT2D eigenvalue weighted by atomic mass is 16.5. The summed E-state index contributed by atoms with van der Waals surface area (Å²) in [4.78, 5) is 4.46. The first-order chi connectivity index (χ1) is 9.74. The standard InChI is InChI=1S/C15H19N3O2/c16-11-7-8-12(13(19)9-11)15-17-14(18-20-15)10-5-3-1-2-4-6-10/h7-10,19H,1-6,16H2. The van der Waals surface area contributed by atoms with Crippen molar-refractivity contribution in [3.05, 3.63) is 24.0 Å². The van der Waals surface area contributed by atoms with Gasteiger partial charge in [0, 0.05) is 17.7 Å². The Labute approximate surface area is 117 Å². The van der Waals surface area contributed by atoms with Gasteiger partial charge in [-0.25, -0.2) is 0 Å². The number of aromatic nitrogens is 2. The molecular weight excluding hydrogens is 254 g/mol. The van der Waals surface area contributed by atoms with Gasteiger partial charge in [0.25, 0.3) is 5.89 Å². The lowest BCUT2D eigenvalue weighted by atomic mass is 10.00. The average Bonchev–Trinajstić information content (AvgIpc) is 2.74. The van der Waals surface area contributed by atoms with Gasteiger partial charge < -0.3 is 15.4 Å². The zero-order valence-electron chi connectivity index (χ0n) is 11.4. The molecule has 1 saturated carbocycles. The molecule has 1 fully saturated rings. The fraction of sp³-hybridized carbons (Fsp3) is 0.467. The molecule has 0 atom stereocenters. The maximum atomic E-state index is 9.90. The summed E-state index contributed by atoms with van der Waals surface area (Å²) in [7, 11) is 0. The van der Waals surface area contributed by atoms with Crippen LogP contribution in [0, 0.1) is 0 Å². The van der Waals surface area contributed by atoms with E-state index < -0.39 is 0 Å². The molecule has 0 radical (unpaired) electrons. The molecule has 106 valence electrons. The molecule has 5 heteroatoms. The van der Waals surface area contributed by atoms with Crippen molar-refractivity contribution in [1.29, 1.82) is 0 Å². The lowest BCUT2D eigenvalue weighted by Gasteiger charge is -2.07. The average molecular weight is 273 g/mol. The summed E-state index contributed by atoms with van der Waals surface area (Å²) >= 11 is 0. The minimum absolute atomic E-state index is 0.0704. The molecular formula is C15H19N3O2. The third-order valence-corrected chi connectivity index (χ3v) is 3.91. The summed E-state index contributed by atoms with van der Waals surface area (Å²) in [5.74, 6) is 1.58. The van der Waals surface area contributed by atoms with Crippen molar-refractivity contribution in [1.82, 2.24) is 10.1 Å². The van der Waals surface area contributed by atoms with E-state index in [9.17, 15) is 5.11 Å². The van der Waals surface area contributed by atoms with Crippen LogP contribution < -0.4 is 5.73 Å². The quantitative estimate of drug-likeness (QED) is 0.646. The van der Waals surface area contributed by atoms with Crippen molar-refractivity contribution < 1.29 is 9.63 Å². The van der Waals surface area contributed by atoms with Gasteiger partial charge in [-0.2, -0.15) is 4.98 Å². The van der Waals surface area contributed by atoms with Gasteiger partial charge in [0.2, 0.25) is 0 Å². The number of anilines is 1. The van der Waals surface area contributed by atoms with E-state index in [-0.39, 0.29) is 5.75 Å². The van der Waals surface area contributed by atoms with Crippen LogP contribution >= 0.6 is 0 Å².